The molecule has 0 saturated heterocycles. The normalized spacial score (nSPS) is 15.5. The predicted octanol–water partition coefficient (Wildman–Crippen LogP) is 3.94. The minimum atomic E-state index is -0.389. The first-order valence-corrected chi connectivity index (χ1v) is 10.3. The average molecular weight is 407 g/mol. The summed E-state index contributed by atoms with van der Waals surface area (Å²) in [7, 11) is 1.58. The van der Waals surface area contributed by atoms with Crippen LogP contribution in [0.2, 0.25) is 0 Å². The Balaban J connectivity index is 1.75. The number of carbonyl (C=O) groups is 1. The number of aromatic nitrogens is 3. The van der Waals surface area contributed by atoms with Crippen molar-refractivity contribution in [3.63, 3.8) is 0 Å². The van der Waals surface area contributed by atoms with E-state index in [1.54, 1.807) is 23.6 Å². The van der Waals surface area contributed by atoms with E-state index in [0.29, 0.717) is 23.0 Å². The van der Waals surface area contributed by atoms with Crippen LogP contribution < -0.4 is 15.4 Å². The summed E-state index contributed by atoms with van der Waals surface area (Å²) in [5, 5.41) is 10.5. The highest BCUT2D eigenvalue weighted by Gasteiger charge is 2.33. The molecule has 7 nitrogen and oxygen atoms in total. The number of benzene rings is 2. The molecule has 3 aromatic rings. The minimum absolute atomic E-state index is 0.223. The minimum Gasteiger partial charge on any atom is -0.495 e. The second-order valence-electron chi connectivity index (χ2n) is 6.52. The lowest BCUT2D eigenvalue weighted by Crippen LogP contribution is -2.31. The van der Waals surface area contributed by atoms with Crippen LogP contribution in [0.1, 0.15) is 18.5 Å². The molecule has 2 N–H and O–H groups in total. The van der Waals surface area contributed by atoms with Gasteiger partial charge in [0.15, 0.2) is 0 Å². The summed E-state index contributed by atoms with van der Waals surface area (Å²) >= 11 is 1.67. The molecule has 29 heavy (non-hydrogen) atoms. The van der Waals surface area contributed by atoms with Crippen LogP contribution in [0.4, 0.5) is 11.6 Å². The zero-order valence-electron chi connectivity index (χ0n) is 16.3. The van der Waals surface area contributed by atoms with Crippen molar-refractivity contribution < 1.29 is 9.53 Å². The SMILES string of the molecule is COc1ccccc1NC(=O)C1=C(C)Nc2ncnn2[C@H]1c1ccc(SC)cc1. The number of nitrogens with one attached hydrogen (secondary N) is 2. The number of amides is 1. The molecule has 4 rings (SSSR count). The van der Waals surface area contributed by atoms with Crippen molar-refractivity contribution in [3.05, 3.63) is 71.7 Å². The number of methoxy groups -OCH3 is 1. The zero-order chi connectivity index (χ0) is 20.4. The van der Waals surface area contributed by atoms with Crippen molar-refractivity contribution in [2.24, 2.45) is 0 Å². The number of para-hydroxylation sites is 2. The molecule has 0 unspecified atom stereocenters. The largest absolute Gasteiger partial charge is 0.495 e. The molecular formula is C21H21N5O2S. The van der Waals surface area contributed by atoms with Gasteiger partial charge in [-0.05, 0) is 43.0 Å². The second kappa shape index (κ2) is 8.00. The zero-order valence-corrected chi connectivity index (χ0v) is 17.2. The van der Waals surface area contributed by atoms with Crippen LogP contribution in [-0.4, -0.2) is 34.0 Å². The van der Waals surface area contributed by atoms with Gasteiger partial charge in [0, 0.05) is 10.6 Å². The Hall–Kier alpha value is -3.26. The highest BCUT2D eigenvalue weighted by Crippen LogP contribution is 2.36. The van der Waals surface area contributed by atoms with E-state index in [0.717, 1.165) is 16.2 Å². The number of anilines is 2. The quantitative estimate of drug-likeness (QED) is 0.624. The lowest BCUT2D eigenvalue weighted by molar-refractivity contribution is -0.113. The van der Waals surface area contributed by atoms with Gasteiger partial charge < -0.3 is 15.4 Å². The fourth-order valence-corrected chi connectivity index (χ4v) is 3.83. The van der Waals surface area contributed by atoms with Crippen LogP contribution in [-0.2, 0) is 4.79 Å². The lowest BCUT2D eigenvalue weighted by Gasteiger charge is -2.29. The lowest BCUT2D eigenvalue weighted by atomic mass is 9.95. The summed E-state index contributed by atoms with van der Waals surface area (Å²) < 4.78 is 7.10. The van der Waals surface area contributed by atoms with Gasteiger partial charge in [0.1, 0.15) is 18.1 Å². The van der Waals surface area contributed by atoms with E-state index in [9.17, 15) is 4.79 Å². The Morgan fingerprint density at radius 1 is 1.21 bits per heavy atom. The first-order valence-electron chi connectivity index (χ1n) is 9.08. The standard InChI is InChI=1S/C21H21N5O2S/c1-13-18(20(27)25-16-6-4-5-7-17(16)28-2)19(26-21(24-13)22-12-23-26)14-8-10-15(29-3)11-9-14/h4-12,19H,1-3H3,(H,25,27)(H,22,23,24)/t19-/m0/s1. The maximum Gasteiger partial charge on any atom is 0.255 e. The van der Waals surface area contributed by atoms with E-state index in [2.05, 4.69) is 20.7 Å². The number of ether oxygens (including phenoxy) is 1. The van der Waals surface area contributed by atoms with E-state index in [4.69, 9.17) is 4.74 Å². The van der Waals surface area contributed by atoms with E-state index >= 15 is 0 Å². The van der Waals surface area contributed by atoms with Gasteiger partial charge >= 0.3 is 0 Å². The molecule has 0 fully saturated rings. The Labute approximate surface area is 173 Å². The molecule has 2 aromatic carbocycles. The van der Waals surface area contributed by atoms with E-state index < -0.39 is 0 Å². The maximum absolute atomic E-state index is 13.4. The molecule has 0 bridgehead atoms. The summed E-state index contributed by atoms with van der Waals surface area (Å²) in [5.41, 5.74) is 2.88. The molecule has 0 radical (unpaired) electrons. The summed E-state index contributed by atoms with van der Waals surface area (Å²) in [6.07, 6.45) is 3.52. The van der Waals surface area contributed by atoms with Gasteiger partial charge in [-0.15, -0.1) is 11.8 Å². The number of fused-ring (bicyclic) bond motifs is 1. The highest BCUT2D eigenvalue weighted by atomic mass is 32.2. The van der Waals surface area contributed by atoms with Gasteiger partial charge in [-0.1, -0.05) is 24.3 Å². The molecule has 0 saturated carbocycles. The number of hydrogen-bond acceptors (Lipinski definition) is 6. The number of hydrogen-bond donors (Lipinski definition) is 2. The van der Waals surface area contributed by atoms with Crippen molar-refractivity contribution >= 4 is 29.3 Å². The van der Waals surface area contributed by atoms with Crippen LogP contribution in [0.15, 0.2) is 71.0 Å². The molecule has 1 amide bonds. The van der Waals surface area contributed by atoms with Gasteiger partial charge in [-0.3, -0.25) is 4.79 Å². The molecule has 0 aliphatic carbocycles. The molecule has 1 aliphatic rings. The van der Waals surface area contributed by atoms with Gasteiger partial charge in [0.2, 0.25) is 5.95 Å². The van der Waals surface area contributed by atoms with Gasteiger partial charge in [-0.2, -0.15) is 10.1 Å². The van der Waals surface area contributed by atoms with Crippen LogP contribution in [0, 0.1) is 0 Å². The van der Waals surface area contributed by atoms with Crippen LogP contribution in [0.5, 0.6) is 5.75 Å². The second-order valence-corrected chi connectivity index (χ2v) is 7.40. The van der Waals surface area contributed by atoms with Crippen LogP contribution >= 0.6 is 11.8 Å². The molecular weight excluding hydrogens is 386 g/mol. The maximum atomic E-state index is 13.4. The Morgan fingerprint density at radius 3 is 2.69 bits per heavy atom. The summed E-state index contributed by atoms with van der Waals surface area (Å²) in [5.74, 6) is 0.986. The fraction of sp³-hybridized carbons (Fsp3) is 0.190. The Bertz CT molecular complexity index is 1070. The molecule has 148 valence electrons. The number of rotatable bonds is 5. The van der Waals surface area contributed by atoms with Gasteiger partial charge in [0.05, 0.1) is 18.4 Å². The molecule has 8 heteroatoms. The molecule has 2 heterocycles. The predicted molar refractivity (Wildman–Crippen MR) is 114 cm³/mol. The van der Waals surface area contributed by atoms with Gasteiger partial charge in [0.25, 0.3) is 5.91 Å². The third-order valence-electron chi connectivity index (χ3n) is 4.83. The Kier molecular flexibility index (Phi) is 5.26. The van der Waals surface area contributed by atoms with Crippen molar-refractivity contribution in [3.8, 4) is 5.75 Å². The topological polar surface area (TPSA) is 81.1 Å². The van der Waals surface area contributed by atoms with E-state index in [-0.39, 0.29) is 11.9 Å². The monoisotopic (exact) mass is 407 g/mol. The molecule has 1 aliphatic heterocycles. The average Bonchev–Trinajstić information content (AvgIpc) is 3.21. The van der Waals surface area contributed by atoms with Crippen molar-refractivity contribution in [1.29, 1.82) is 0 Å². The van der Waals surface area contributed by atoms with Crippen molar-refractivity contribution in [2.75, 3.05) is 24.0 Å². The number of nitrogens with zero attached hydrogens (tertiary/aromatic N) is 3. The fourth-order valence-electron chi connectivity index (χ4n) is 3.42. The summed E-state index contributed by atoms with van der Waals surface area (Å²) in [6.45, 7) is 1.87. The molecule has 1 atom stereocenters. The van der Waals surface area contributed by atoms with E-state index in [1.807, 2.05) is 61.7 Å². The third-order valence-corrected chi connectivity index (χ3v) is 5.57. The third kappa shape index (κ3) is 3.58. The number of allylic oxidation sites excluding steroid dienone is 1. The molecule has 1 aromatic heterocycles. The summed E-state index contributed by atoms with van der Waals surface area (Å²) in [6, 6.07) is 15.1. The van der Waals surface area contributed by atoms with Gasteiger partial charge in [-0.25, -0.2) is 4.68 Å². The number of thioether (sulfide) groups is 1. The smallest absolute Gasteiger partial charge is 0.255 e. The summed E-state index contributed by atoms with van der Waals surface area (Å²) in [4.78, 5) is 18.8. The first kappa shape index (κ1) is 19.1. The Morgan fingerprint density at radius 2 is 1.97 bits per heavy atom. The highest BCUT2D eigenvalue weighted by molar-refractivity contribution is 7.98. The van der Waals surface area contributed by atoms with Crippen LogP contribution in [0.3, 0.4) is 0 Å². The van der Waals surface area contributed by atoms with Crippen molar-refractivity contribution in [2.45, 2.75) is 17.9 Å². The number of carbonyl (C=O) groups excluding carboxylic acids is 1. The van der Waals surface area contributed by atoms with Crippen LogP contribution in [0.25, 0.3) is 0 Å². The first-order chi connectivity index (χ1) is 14.1. The molecule has 0 spiro atoms. The van der Waals surface area contributed by atoms with E-state index in [1.165, 1.54) is 6.33 Å². The van der Waals surface area contributed by atoms with Crippen molar-refractivity contribution in [1.82, 2.24) is 14.8 Å².